The van der Waals surface area contributed by atoms with Crippen molar-refractivity contribution in [3.05, 3.63) is 0 Å². The van der Waals surface area contributed by atoms with Gasteiger partial charge in [-0.3, -0.25) is 5.41 Å². The quantitative estimate of drug-likeness (QED) is 0.469. The van der Waals surface area contributed by atoms with Crippen LogP contribution in [0.2, 0.25) is 0 Å². The number of likely N-dealkylation sites (N-methyl/N-ethyl adjacent to an activating group) is 1. The fourth-order valence-corrected chi connectivity index (χ4v) is 1.74. The summed E-state index contributed by atoms with van der Waals surface area (Å²) in [5.74, 6) is 0.788. The molecule has 0 bridgehead atoms. The summed E-state index contributed by atoms with van der Waals surface area (Å²) in [5.41, 5.74) is 0. The van der Waals surface area contributed by atoms with Crippen LogP contribution in [0, 0.1) is 5.41 Å². The van der Waals surface area contributed by atoms with Crippen molar-refractivity contribution in [3.8, 4) is 0 Å². The second-order valence-corrected chi connectivity index (χ2v) is 3.60. The number of hydrogen-bond acceptors (Lipinski definition) is 2. The molecule has 1 fully saturated rings. The minimum absolute atomic E-state index is 0.510. The average molecular weight is 169 g/mol. The van der Waals surface area contributed by atoms with E-state index in [0.717, 1.165) is 31.9 Å². The highest BCUT2D eigenvalue weighted by molar-refractivity contribution is 5.79. The number of amidine groups is 1. The van der Waals surface area contributed by atoms with E-state index in [4.69, 9.17) is 5.41 Å². The van der Waals surface area contributed by atoms with E-state index >= 15 is 0 Å². The van der Waals surface area contributed by atoms with Gasteiger partial charge >= 0.3 is 0 Å². The van der Waals surface area contributed by atoms with Gasteiger partial charge < -0.3 is 9.80 Å². The maximum atomic E-state index is 7.74. The fourth-order valence-electron chi connectivity index (χ4n) is 1.74. The van der Waals surface area contributed by atoms with Crippen LogP contribution in [0.5, 0.6) is 0 Å². The van der Waals surface area contributed by atoms with Gasteiger partial charge in [0.15, 0.2) is 0 Å². The molecular formula is C9H19N3. The highest BCUT2D eigenvalue weighted by Gasteiger charge is 2.22. The zero-order chi connectivity index (χ0) is 9.14. The SMILES string of the molecule is CCC(=N)N1CCN(C)CC1C. The van der Waals surface area contributed by atoms with Crippen molar-refractivity contribution in [2.75, 3.05) is 26.7 Å². The Morgan fingerprint density at radius 1 is 1.50 bits per heavy atom. The third kappa shape index (κ3) is 1.97. The maximum absolute atomic E-state index is 7.74. The summed E-state index contributed by atoms with van der Waals surface area (Å²) < 4.78 is 0. The second-order valence-electron chi connectivity index (χ2n) is 3.60. The first-order chi connectivity index (χ1) is 5.65. The Kier molecular flexibility index (Phi) is 3.09. The van der Waals surface area contributed by atoms with Crippen molar-refractivity contribution in [2.45, 2.75) is 26.3 Å². The average Bonchev–Trinajstić information content (AvgIpc) is 2.03. The molecule has 1 rings (SSSR count). The summed E-state index contributed by atoms with van der Waals surface area (Å²) in [7, 11) is 2.14. The van der Waals surface area contributed by atoms with Crippen molar-refractivity contribution in [1.82, 2.24) is 9.80 Å². The van der Waals surface area contributed by atoms with Crippen LogP contribution in [-0.2, 0) is 0 Å². The summed E-state index contributed by atoms with van der Waals surface area (Å²) in [5, 5.41) is 7.74. The second kappa shape index (κ2) is 3.90. The van der Waals surface area contributed by atoms with E-state index in [0.29, 0.717) is 6.04 Å². The molecule has 1 aliphatic rings. The summed E-state index contributed by atoms with van der Waals surface area (Å²) in [4.78, 5) is 4.53. The fraction of sp³-hybridized carbons (Fsp3) is 0.889. The first-order valence-electron chi connectivity index (χ1n) is 4.67. The minimum Gasteiger partial charge on any atom is -0.355 e. The van der Waals surface area contributed by atoms with E-state index in [-0.39, 0.29) is 0 Å². The van der Waals surface area contributed by atoms with E-state index in [1.165, 1.54) is 0 Å². The van der Waals surface area contributed by atoms with Crippen LogP contribution in [0.1, 0.15) is 20.3 Å². The number of piperazine rings is 1. The van der Waals surface area contributed by atoms with Crippen LogP contribution in [-0.4, -0.2) is 48.4 Å². The standard InChI is InChI=1S/C9H19N3/c1-4-9(10)12-6-5-11(3)7-8(12)2/h8,10H,4-7H2,1-3H3. The summed E-state index contributed by atoms with van der Waals surface area (Å²) in [6.45, 7) is 7.44. The highest BCUT2D eigenvalue weighted by Crippen LogP contribution is 2.09. The van der Waals surface area contributed by atoms with E-state index in [9.17, 15) is 0 Å². The van der Waals surface area contributed by atoms with Crippen molar-refractivity contribution in [2.24, 2.45) is 0 Å². The van der Waals surface area contributed by atoms with Crippen molar-refractivity contribution >= 4 is 5.84 Å². The van der Waals surface area contributed by atoms with Gasteiger partial charge in [-0.05, 0) is 14.0 Å². The molecule has 0 spiro atoms. The van der Waals surface area contributed by atoms with Crippen LogP contribution >= 0.6 is 0 Å². The molecule has 0 aromatic heterocycles. The van der Waals surface area contributed by atoms with Gasteiger partial charge in [0.05, 0.1) is 5.84 Å². The molecule has 0 aliphatic carbocycles. The number of nitrogens with zero attached hydrogens (tertiary/aromatic N) is 2. The molecule has 70 valence electrons. The van der Waals surface area contributed by atoms with Gasteiger partial charge in [0, 0.05) is 32.1 Å². The predicted octanol–water partition coefficient (Wildman–Crippen LogP) is 1.01. The Morgan fingerprint density at radius 3 is 2.67 bits per heavy atom. The molecule has 0 amide bonds. The molecule has 1 N–H and O–H groups in total. The van der Waals surface area contributed by atoms with Gasteiger partial charge in [-0.2, -0.15) is 0 Å². The number of nitrogens with one attached hydrogen (secondary N) is 1. The lowest BCUT2D eigenvalue weighted by Crippen LogP contribution is -2.52. The van der Waals surface area contributed by atoms with E-state index in [2.05, 4.69) is 23.8 Å². The largest absolute Gasteiger partial charge is 0.355 e. The lowest BCUT2D eigenvalue weighted by atomic mass is 10.2. The van der Waals surface area contributed by atoms with Gasteiger partial charge in [-0.1, -0.05) is 6.92 Å². The molecule has 3 heteroatoms. The normalized spacial score (nSPS) is 25.9. The van der Waals surface area contributed by atoms with Gasteiger partial charge in [-0.15, -0.1) is 0 Å². The first kappa shape index (κ1) is 9.52. The molecule has 1 heterocycles. The zero-order valence-electron chi connectivity index (χ0n) is 8.30. The summed E-state index contributed by atoms with van der Waals surface area (Å²) in [6.07, 6.45) is 0.855. The van der Waals surface area contributed by atoms with Crippen LogP contribution in [0.25, 0.3) is 0 Å². The van der Waals surface area contributed by atoms with E-state index < -0.39 is 0 Å². The Balaban J connectivity index is 2.50. The number of hydrogen-bond donors (Lipinski definition) is 1. The Labute approximate surface area is 74.9 Å². The molecular weight excluding hydrogens is 150 g/mol. The number of rotatable bonds is 1. The molecule has 1 unspecified atom stereocenters. The van der Waals surface area contributed by atoms with Crippen LogP contribution in [0.4, 0.5) is 0 Å². The molecule has 1 aliphatic heterocycles. The lowest BCUT2D eigenvalue weighted by molar-refractivity contribution is 0.159. The Hall–Kier alpha value is -0.570. The van der Waals surface area contributed by atoms with Crippen molar-refractivity contribution < 1.29 is 0 Å². The van der Waals surface area contributed by atoms with Gasteiger partial charge in [0.25, 0.3) is 0 Å². The van der Waals surface area contributed by atoms with Crippen LogP contribution < -0.4 is 0 Å². The van der Waals surface area contributed by atoms with Crippen molar-refractivity contribution in [1.29, 1.82) is 5.41 Å². The molecule has 1 atom stereocenters. The monoisotopic (exact) mass is 169 g/mol. The van der Waals surface area contributed by atoms with Gasteiger partial charge in [0.2, 0.25) is 0 Å². The van der Waals surface area contributed by atoms with E-state index in [1.807, 2.05) is 6.92 Å². The molecule has 0 radical (unpaired) electrons. The van der Waals surface area contributed by atoms with Crippen LogP contribution in [0.3, 0.4) is 0 Å². The molecule has 0 saturated carbocycles. The smallest absolute Gasteiger partial charge is 0.0958 e. The van der Waals surface area contributed by atoms with Crippen LogP contribution in [0.15, 0.2) is 0 Å². The Morgan fingerprint density at radius 2 is 2.17 bits per heavy atom. The lowest BCUT2D eigenvalue weighted by Gasteiger charge is -2.39. The third-order valence-electron chi connectivity index (χ3n) is 2.51. The Bertz CT molecular complexity index is 167. The topological polar surface area (TPSA) is 30.3 Å². The molecule has 3 nitrogen and oxygen atoms in total. The van der Waals surface area contributed by atoms with Crippen molar-refractivity contribution in [3.63, 3.8) is 0 Å². The van der Waals surface area contributed by atoms with E-state index in [1.54, 1.807) is 0 Å². The minimum atomic E-state index is 0.510. The zero-order valence-corrected chi connectivity index (χ0v) is 8.30. The molecule has 1 saturated heterocycles. The third-order valence-corrected chi connectivity index (χ3v) is 2.51. The first-order valence-corrected chi connectivity index (χ1v) is 4.67. The summed E-state index contributed by atoms with van der Waals surface area (Å²) in [6, 6.07) is 0.510. The van der Waals surface area contributed by atoms with Gasteiger partial charge in [0.1, 0.15) is 0 Å². The predicted molar refractivity (Wildman–Crippen MR) is 51.7 cm³/mol. The molecule has 0 aromatic rings. The molecule has 12 heavy (non-hydrogen) atoms. The summed E-state index contributed by atoms with van der Waals surface area (Å²) >= 11 is 0. The highest BCUT2D eigenvalue weighted by atomic mass is 15.3. The molecule has 0 aromatic carbocycles. The van der Waals surface area contributed by atoms with Gasteiger partial charge in [-0.25, -0.2) is 0 Å². The maximum Gasteiger partial charge on any atom is 0.0958 e.